The zero-order chi connectivity index (χ0) is 15.2. The number of para-hydroxylation sites is 1. The Labute approximate surface area is 132 Å². The van der Waals surface area contributed by atoms with Gasteiger partial charge in [-0.1, -0.05) is 40.2 Å². The highest BCUT2D eigenvalue weighted by Crippen LogP contribution is 2.29. The molecule has 2 aromatic rings. The van der Waals surface area contributed by atoms with Crippen LogP contribution in [0.3, 0.4) is 0 Å². The van der Waals surface area contributed by atoms with E-state index in [1.165, 1.54) is 0 Å². The molecule has 108 valence electrons. The lowest BCUT2D eigenvalue weighted by Gasteiger charge is -2.23. The van der Waals surface area contributed by atoms with Gasteiger partial charge in [0.25, 0.3) is 0 Å². The van der Waals surface area contributed by atoms with E-state index in [-0.39, 0.29) is 0 Å². The van der Waals surface area contributed by atoms with Gasteiger partial charge < -0.3 is 10.0 Å². The summed E-state index contributed by atoms with van der Waals surface area (Å²) in [5.74, 6) is -0.953. The van der Waals surface area contributed by atoms with Gasteiger partial charge in [0.05, 0.1) is 0 Å². The van der Waals surface area contributed by atoms with Crippen molar-refractivity contribution in [3.63, 3.8) is 0 Å². The third-order valence-corrected chi connectivity index (χ3v) is 3.77. The fraction of sp³-hybridized carbons (Fsp3) is 0.118. The maximum Gasteiger partial charge on any atom is 0.328 e. The van der Waals surface area contributed by atoms with Gasteiger partial charge in [-0.3, -0.25) is 0 Å². The number of rotatable bonds is 5. The molecule has 0 spiro atoms. The first-order valence-corrected chi connectivity index (χ1v) is 7.44. The van der Waals surface area contributed by atoms with E-state index >= 15 is 0 Å². The van der Waals surface area contributed by atoms with Crippen LogP contribution in [0.4, 0.5) is 11.4 Å². The normalized spacial score (nSPS) is 10.8. The van der Waals surface area contributed by atoms with Crippen molar-refractivity contribution in [2.45, 2.75) is 6.92 Å². The van der Waals surface area contributed by atoms with Crippen molar-refractivity contribution < 1.29 is 9.90 Å². The Hall–Kier alpha value is -2.07. The van der Waals surface area contributed by atoms with Gasteiger partial charge in [0.15, 0.2) is 0 Å². The number of benzene rings is 2. The second-order valence-corrected chi connectivity index (χ2v) is 5.31. The van der Waals surface area contributed by atoms with Crippen molar-refractivity contribution >= 4 is 39.4 Å². The Morgan fingerprint density at radius 3 is 2.48 bits per heavy atom. The van der Waals surface area contributed by atoms with Crippen LogP contribution in [0.15, 0.2) is 59.1 Å². The van der Waals surface area contributed by atoms with Gasteiger partial charge >= 0.3 is 5.97 Å². The molecule has 1 N–H and O–H groups in total. The molecule has 0 radical (unpaired) electrons. The SMILES string of the molecule is CCN(c1ccccc1)c1ccc(/C=C/C(=O)O)c(Br)c1. The van der Waals surface area contributed by atoms with Gasteiger partial charge in [0, 0.05) is 28.5 Å². The lowest BCUT2D eigenvalue weighted by atomic mass is 10.1. The molecule has 3 nitrogen and oxygen atoms in total. The first-order chi connectivity index (χ1) is 10.1. The third kappa shape index (κ3) is 3.95. The zero-order valence-corrected chi connectivity index (χ0v) is 13.2. The number of anilines is 2. The van der Waals surface area contributed by atoms with E-state index in [4.69, 9.17) is 5.11 Å². The van der Waals surface area contributed by atoms with Gasteiger partial charge in [-0.2, -0.15) is 0 Å². The molecule has 21 heavy (non-hydrogen) atoms. The minimum atomic E-state index is -0.953. The predicted molar refractivity (Wildman–Crippen MR) is 89.9 cm³/mol. The summed E-state index contributed by atoms with van der Waals surface area (Å²) < 4.78 is 0.867. The Bertz CT molecular complexity index is 653. The Balaban J connectivity index is 2.32. The molecule has 0 unspecified atom stereocenters. The summed E-state index contributed by atoms with van der Waals surface area (Å²) in [6, 6.07) is 16.0. The summed E-state index contributed by atoms with van der Waals surface area (Å²) in [4.78, 5) is 12.8. The fourth-order valence-corrected chi connectivity index (χ4v) is 2.60. The van der Waals surface area contributed by atoms with E-state index in [0.29, 0.717) is 0 Å². The number of hydrogen-bond donors (Lipinski definition) is 1. The van der Waals surface area contributed by atoms with Crippen LogP contribution in [0, 0.1) is 0 Å². The largest absolute Gasteiger partial charge is 0.478 e. The van der Waals surface area contributed by atoms with Crippen LogP contribution in [0.25, 0.3) is 6.08 Å². The van der Waals surface area contributed by atoms with Gasteiger partial charge in [-0.05, 0) is 42.8 Å². The van der Waals surface area contributed by atoms with Crippen molar-refractivity contribution in [1.29, 1.82) is 0 Å². The van der Waals surface area contributed by atoms with Crippen molar-refractivity contribution in [1.82, 2.24) is 0 Å². The number of carboxylic acids is 1. The van der Waals surface area contributed by atoms with Gasteiger partial charge in [0.2, 0.25) is 0 Å². The second-order valence-electron chi connectivity index (χ2n) is 4.46. The highest BCUT2D eigenvalue weighted by Gasteiger charge is 2.08. The fourth-order valence-electron chi connectivity index (χ4n) is 2.10. The summed E-state index contributed by atoms with van der Waals surface area (Å²) in [6.45, 7) is 2.94. The van der Waals surface area contributed by atoms with Crippen LogP contribution in [0.1, 0.15) is 12.5 Å². The number of carboxylic acid groups (broad SMARTS) is 1. The Kier molecular flexibility index (Phi) is 5.17. The van der Waals surface area contributed by atoms with E-state index in [1.807, 2.05) is 36.4 Å². The lowest BCUT2D eigenvalue weighted by Crippen LogP contribution is -2.15. The first kappa shape index (κ1) is 15.3. The molecule has 0 saturated heterocycles. The molecule has 0 aliphatic carbocycles. The van der Waals surface area contributed by atoms with Crippen molar-refractivity contribution in [2.75, 3.05) is 11.4 Å². The van der Waals surface area contributed by atoms with E-state index in [2.05, 4.69) is 39.9 Å². The number of halogens is 1. The highest BCUT2D eigenvalue weighted by molar-refractivity contribution is 9.10. The molecule has 2 aromatic carbocycles. The minimum Gasteiger partial charge on any atom is -0.478 e. The lowest BCUT2D eigenvalue weighted by molar-refractivity contribution is -0.131. The van der Waals surface area contributed by atoms with Crippen molar-refractivity contribution in [3.8, 4) is 0 Å². The number of carbonyl (C=O) groups is 1. The van der Waals surface area contributed by atoms with Crippen LogP contribution in [0.5, 0.6) is 0 Å². The molecule has 0 bridgehead atoms. The average Bonchev–Trinajstić information content (AvgIpc) is 2.48. The van der Waals surface area contributed by atoms with Crippen LogP contribution in [0.2, 0.25) is 0 Å². The van der Waals surface area contributed by atoms with Gasteiger partial charge in [-0.25, -0.2) is 4.79 Å². The topological polar surface area (TPSA) is 40.5 Å². The third-order valence-electron chi connectivity index (χ3n) is 3.09. The number of aliphatic carboxylic acids is 1. The summed E-state index contributed by atoms with van der Waals surface area (Å²) in [6.07, 6.45) is 2.71. The number of hydrogen-bond acceptors (Lipinski definition) is 2. The summed E-state index contributed by atoms with van der Waals surface area (Å²) in [7, 11) is 0. The molecule has 0 heterocycles. The predicted octanol–water partition coefficient (Wildman–Crippen LogP) is 4.70. The molecule has 0 fully saturated rings. The molecule has 0 amide bonds. The van der Waals surface area contributed by atoms with Crippen LogP contribution < -0.4 is 4.90 Å². The minimum absolute atomic E-state index is 0.838. The molecule has 2 rings (SSSR count). The average molecular weight is 346 g/mol. The van der Waals surface area contributed by atoms with E-state index in [1.54, 1.807) is 6.08 Å². The summed E-state index contributed by atoms with van der Waals surface area (Å²) in [5.41, 5.74) is 3.02. The molecule has 0 aliphatic heterocycles. The van der Waals surface area contributed by atoms with Gasteiger partial charge in [-0.15, -0.1) is 0 Å². The highest BCUT2D eigenvalue weighted by atomic mass is 79.9. The second kappa shape index (κ2) is 7.09. The molecule has 0 saturated carbocycles. The summed E-state index contributed by atoms with van der Waals surface area (Å²) >= 11 is 3.50. The quantitative estimate of drug-likeness (QED) is 0.798. The Morgan fingerprint density at radius 1 is 1.19 bits per heavy atom. The first-order valence-electron chi connectivity index (χ1n) is 6.65. The Morgan fingerprint density at radius 2 is 1.90 bits per heavy atom. The summed E-state index contributed by atoms with van der Waals surface area (Å²) in [5, 5.41) is 8.68. The van der Waals surface area contributed by atoms with E-state index in [0.717, 1.165) is 34.0 Å². The molecular weight excluding hydrogens is 330 g/mol. The van der Waals surface area contributed by atoms with E-state index < -0.39 is 5.97 Å². The standard InChI is InChI=1S/C17H16BrNO2/c1-2-19(14-6-4-3-5-7-14)15-10-8-13(16(18)12-15)9-11-17(20)21/h3-12H,2H2,1H3,(H,20,21)/b11-9+. The van der Waals surface area contributed by atoms with Gasteiger partial charge in [0.1, 0.15) is 0 Å². The van der Waals surface area contributed by atoms with Crippen LogP contribution in [-0.4, -0.2) is 17.6 Å². The van der Waals surface area contributed by atoms with Crippen LogP contribution >= 0.6 is 15.9 Å². The molecule has 4 heteroatoms. The maximum atomic E-state index is 10.6. The molecular formula is C17H16BrNO2. The van der Waals surface area contributed by atoms with Crippen molar-refractivity contribution in [3.05, 3.63) is 64.6 Å². The van der Waals surface area contributed by atoms with Crippen molar-refractivity contribution in [2.24, 2.45) is 0 Å². The van der Waals surface area contributed by atoms with Crippen LogP contribution in [-0.2, 0) is 4.79 Å². The molecule has 0 atom stereocenters. The smallest absolute Gasteiger partial charge is 0.328 e. The monoisotopic (exact) mass is 345 g/mol. The zero-order valence-electron chi connectivity index (χ0n) is 11.7. The maximum absolute atomic E-state index is 10.6. The molecule has 0 aliphatic rings. The molecule has 0 aromatic heterocycles. The van der Waals surface area contributed by atoms with E-state index in [9.17, 15) is 4.79 Å². The number of nitrogens with zero attached hydrogens (tertiary/aromatic N) is 1.